The summed E-state index contributed by atoms with van der Waals surface area (Å²) in [6, 6.07) is 37.3. The molecule has 0 aliphatic rings. The fraction of sp³-hybridized carbons (Fsp3) is 0.346. The zero-order chi connectivity index (χ0) is 51.8. The number of pyridine rings is 1. The molecule has 72 heavy (non-hydrogen) atoms. The van der Waals surface area contributed by atoms with Gasteiger partial charge in [0.05, 0.1) is 18.5 Å². The van der Waals surface area contributed by atoms with Crippen LogP contribution < -0.4 is 49.5 Å². The number of imide groups is 1. The number of anilines is 1. The van der Waals surface area contributed by atoms with Crippen molar-refractivity contribution < 1.29 is 88.1 Å². The first-order valence-electron chi connectivity index (χ1n) is 22.5. The SMILES string of the molecule is C[C@H](CC[P+](c1ccccc1)(c1ccccc1)c1ccccc1)Oc1nc(-c2nnc(C(CCC=O)(OCc3ccccc3)C(F)(F)F)o2)c(N(C(=O)OC(C)(C)C)C(=O)OC(C)(C)C)cc1C(F)(F)F.[I-]. The smallest absolute Gasteiger partial charge is 0.426 e. The fourth-order valence-electron chi connectivity index (χ4n) is 7.61. The van der Waals surface area contributed by atoms with Gasteiger partial charge < -0.3 is 52.1 Å². The molecule has 0 radical (unpaired) electrons. The molecule has 0 aliphatic carbocycles. The van der Waals surface area contributed by atoms with E-state index in [2.05, 4.69) is 15.2 Å². The van der Waals surface area contributed by atoms with Crippen LogP contribution in [0, 0.1) is 0 Å². The highest BCUT2D eigenvalue weighted by Crippen LogP contribution is 2.56. The lowest BCUT2D eigenvalue weighted by atomic mass is 9.96. The van der Waals surface area contributed by atoms with Crippen LogP contribution in [0.2, 0.25) is 0 Å². The summed E-state index contributed by atoms with van der Waals surface area (Å²) >= 11 is 0. The minimum absolute atomic E-state index is 0. The number of ether oxygens (including phenoxy) is 4. The van der Waals surface area contributed by atoms with E-state index in [1.807, 2.05) is 91.0 Å². The Balaban J connectivity index is 0.00000963. The van der Waals surface area contributed by atoms with E-state index in [4.69, 9.17) is 23.4 Å². The highest BCUT2D eigenvalue weighted by atomic mass is 127. The summed E-state index contributed by atoms with van der Waals surface area (Å²) in [5.41, 5.74) is -9.37. The van der Waals surface area contributed by atoms with Gasteiger partial charge in [0.1, 0.15) is 52.3 Å². The molecule has 0 bridgehead atoms. The Kier molecular flexibility index (Phi) is 18.4. The Morgan fingerprint density at radius 3 is 1.62 bits per heavy atom. The van der Waals surface area contributed by atoms with E-state index < -0.39 is 109 Å². The number of rotatable bonds is 17. The van der Waals surface area contributed by atoms with Gasteiger partial charge in [-0.05, 0) is 96.5 Å². The molecular formula is C52H54F6IN4O8P. The molecule has 0 fully saturated rings. The maximum atomic E-state index is 15.5. The van der Waals surface area contributed by atoms with Crippen molar-refractivity contribution in [2.45, 2.75) is 110 Å². The number of benzene rings is 4. The first-order chi connectivity index (χ1) is 33.4. The predicted molar refractivity (Wildman–Crippen MR) is 256 cm³/mol. The number of alkyl halides is 6. The highest BCUT2D eigenvalue weighted by molar-refractivity contribution is 7.95. The molecule has 4 aromatic carbocycles. The molecule has 20 heteroatoms. The molecule has 384 valence electrons. The number of hydrogen-bond acceptors (Lipinski definition) is 11. The third-order valence-electron chi connectivity index (χ3n) is 10.8. The summed E-state index contributed by atoms with van der Waals surface area (Å²) in [7, 11) is -2.54. The van der Waals surface area contributed by atoms with Crippen molar-refractivity contribution >= 4 is 47.3 Å². The van der Waals surface area contributed by atoms with Crippen LogP contribution in [0.1, 0.15) is 84.7 Å². The van der Waals surface area contributed by atoms with Gasteiger partial charge in [0.2, 0.25) is 11.5 Å². The van der Waals surface area contributed by atoms with Gasteiger partial charge >= 0.3 is 24.5 Å². The second kappa shape index (κ2) is 23.3. The van der Waals surface area contributed by atoms with E-state index in [9.17, 15) is 14.4 Å². The summed E-state index contributed by atoms with van der Waals surface area (Å²) in [4.78, 5) is 44.0. The zero-order valence-corrected chi connectivity index (χ0v) is 43.5. The average molecular weight is 1130 g/mol. The van der Waals surface area contributed by atoms with Crippen molar-refractivity contribution in [3.63, 3.8) is 0 Å². The van der Waals surface area contributed by atoms with Crippen molar-refractivity contribution in [3.8, 4) is 17.5 Å². The topological polar surface area (TPSA) is 143 Å². The Hall–Kier alpha value is -5.92. The normalized spacial score (nSPS) is 13.5. The second-order valence-electron chi connectivity index (χ2n) is 18.5. The average Bonchev–Trinajstić information content (AvgIpc) is 3.80. The van der Waals surface area contributed by atoms with Crippen LogP contribution in [0.25, 0.3) is 11.6 Å². The van der Waals surface area contributed by atoms with Gasteiger partial charge in [-0.25, -0.2) is 14.6 Å². The molecule has 0 aliphatic heterocycles. The van der Waals surface area contributed by atoms with Crippen LogP contribution in [0.4, 0.5) is 41.6 Å². The fourth-order valence-corrected chi connectivity index (χ4v) is 12.1. The molecule has 2 aromatic heterocycles. The van der Waals surface area contributed by atoms with E-state index in [1.165, 1.54) is 53.7 Å². The molecule has 1 unspecified atom stereocenters. The molecule has 0 saturated carbocycles. The van der Waals surface area contributed by atoms with Gasteiger partial charge in [0.15, 0.2) is 5.69 Å². The Bertz CT molecular complexity index is 2620. The van der Waals surface area contributed by atoms with Crippen LogP contribution >= 0.6 is 7.26 Å². The van der Waals surface area contributed by atoms with E-state index in [0.29, 0.717) is 17.8 Å². The third-order valence-corrected chi connectivity index (χ3v) is 15.3. The maximum absolute atomic E-state index is 15.5. The molecule has 2 heterocycles. The summed E-state index contributed by atoms with van der Waals surface area (Å²) < 4.78 is 121. The van der Waals surface area contributed by atoms with E-state index in [1.54, 1.807) is 25.1 Å². The summed E-state index contributed by atoms with van der Waals surface area (Å²) in [5, 5.41) is 10.5. The van der Waals surface area contributed by atoms with Crippen molar-refractivity contribution in [2.75, 3.05) is 11.1 Å². The van der Waals surface area contributed by atoms with Crippen molar-refractivity contribution in [3.05, 3.63) is 144 Å². The first-order valence-corrected chi connectivity index (χ1v) is 24.5. The number of halogens is 7. The molecule has 6 rings (SSSR count). The Morgan fingerprint density at radius 2 is 1.19 bits per heavy atom. The largest absolute Gasteiger partial charge is 1.00 e. The van der Waals surface area contributed by atoms with Crippen molar-refractivity contribution in [1.29, 1.82) is 0 Å². The molecule has 12 nitrogen and oxygen atoms in total. The molecule has 0 N–H and O–H groups in total. The van der Waals surface area contributed by atoms with Crippen LogP contribution in [0.15, 0.2) is 132 Å². The number of amides is 2. The molecule has 2 atom stereocenters. The number of carbonyl (C=O) groups is 3. The predicted octanol–water partition coefficient (Wildman–Crippen LogP) is 8.94. The van der Waals surface area contributed by atoms with E-state index in [-0.39, 0.29) is 41.6 Å². The van der Waals surface area contributed by atoms with Crippen molar-refractivity contribution in [2.24, 2.45) is 0 Å². The van der Waals surface area contributed by atoms with Crippen LogP contribution in [-0.2, 0) is 37.4 Å². The minimum Gasteiger partial charge on any atom is -1.00 e. The molecular weight excluding hydrogens is 1080 g/mol. The van der Waals surface area contributed by atoms with Gasteiger partial charge in [-0.2, -0.15) is 31.2 Å². The molecule has 6 aromatic rings. The lowest BCUT2D eigenvalue weighted by Gasteiger charge is -2.32. The van der Waals surface area contributed by atoms with Gasteiger partial charge in [0.25, 0.3) is 11.8 Å². The number of carbonyl (C=O) groups excluding carboxylic acids is 3. The highest BCUT2D eigenvalue weighted by Gasteiger charge is 2.61. The summed E-state index contributed by atoms with van der Waals surface area (Å²) in [6.45, 7) is 9.44. The minimum atomic E-state index is -5.34. The van der Waals surface area contributed by atoms with Crippen LogP contribution in [-0.4, -0.2) is 63.3 Å². The van der Waals surface area contributed by atoms with E-state index in [0.717, 1.165) is 15.9 Å². The quantitative estimate of drug-likeness (QED) is 0.0374. The summed E-state index contributed by atoms with van der Waals surface area (Å²) in [6.07, 6.45) is -15.8. The number of hydrogen-bond donors (Lipinski definition) is 0. The lowest BCUT2D eigenvalue weighted by molar-refractivity contribution is -0.299. The molecule has 0 spiro atoms. The number of aromatic nitrogens is 3. The van der Waals surface area contributed by atoms with Gasteiger partial charge in [0, 0.05) is 19.3 Å². The monoisotopic (exact) mass is 1130 g/mol. The summed E-state index contributed by atoms with van der Waals surface area (Å²) in [5.74, 6) is -3.35. The molecule has 0 saturated heterocycles. The molecule has 2 amide bonds. The Morgan fingerprint density at radius 1 is 0.722 bits per heavy atom. The van der Waals surface area contributed by atoms with Crippen LogP contribution in [0.5, 0.6) is 5.88 Å². The standard InChI is InChI=1S/C52H54F6N4O8P.HI/c1-35(29-32-71(37-23-14-9-15-24-37,38-25-16-10-17-26-38)39-27-18-11-19-28-39)67-43-40(51(53,54)55)33-41(62(46(64)69-48(2,3)4)47(65)70-49(5,6)7)42(59-43)44-60-61-45(68-44)50(30-20-31-63,52(56,57)58)66-34-36-21-12-8-13-22-36;/h8-19,21-28,31,33,35H,20,29-30,32,34H2,1-7H3;1H/q+1;/p-1/t35-,50?;/m1./s1. The van der Waals surface area contributed by atoms with Crippen LogP contribution in [0.3, 0.4) is 0 Å². The van der Waals surface area contributed by atoms with Gasteiger partial charge in [-0.15, -0.1) is 10.2 Å². The number of nitrogens with zero attached hydrogens (tertiary/aromatic N) is 4. The second-order valence-corrected chi connectivity index (χ2v) is 22.1. The lowest BCUT2D eigenvalue weighted by Crippen LogP contribution is -3.00. The first kappa shape index (κ1) is 57.0. The maximum Gasteiger partial charge on any atom is 0.426 e. The Labute approximate surface area is 431 Å². The number of aldehydes is 1. The third kappa shape index (κ3) is 13.6. The zero-order valence-electron chi connectivity index (χ0n) is 40.5. The van der Waals surface area contributed by atoms with Gasteiger partial charge in [-0.1, -0.05) is 84.9 Å². The van der Waals surface area contributed by atoms with Crippen molar-refractivity contribution in [1.82, 2.24) is 15.2 Å². The van der Waals surface area contributed by atoms with E-state index >= 15 is 26.3 Å². The van der Waals surface area contributed by atoms with Gasteiger partial charge in [-0.3, -0.25) is 0 Å².